The molecule has 2 rings (SSSR count). The summed E-state index contributed by atoms with van der Waals surface area (Å²) in [5.41, 5.74) is 2.75. The van der Waals surface area contributed by atoms with Crippen molar-refractivity contribution in [3.8, 4) is 0 Å². The van der Waals surface area contributed by atoms with E-state index < -0.39 is 0 Å². The largest absolute Gasteiger partial charge is 0.291 e. The Morgan fingerprint density at radius 3 is 1.76 bits per heavy atom. The van der Waals surface area contributed by atoms with Gasteiger partial charge in [0.25, 0.3) is 0 Å². The molecule has 0 saturated heterocycles. The fourth-order valence-corrected chi connectivity index (χ4v) is 2.38. The van der Waals surface area contributed by atoms with E-state index in [1.807, 2.05) is 0 Å². The van der Waals surface area contributed by atoms with Gasteiger partial charge in [-0.3, -0.25) is 4.90 Å². The van der Waals surface area contributed by atoms with E-state index in [4.69, 9.17) is 0 Å². The van der Waals surface area contributed by atoms with Crippen LogP contribution in [0.3, 0.4) is 0 Å². The SMILES string of the molecule is CCC/C=C/CN(Cc1ccccc1)Cc1ccccc1. The van der Waals surface area contributed by atoms with Crippen LogP contribution in [0.5, 0.6) is 0 Å². The zero-order chi connectivity index (χ0) is 14.8. The van der Waals surface area contributed by atoms with Crippen molar-refractivity contribution in [1.82, 2.24) is 4.90 Å². The van der Waals surface area contributed by atoms with Crippen molar-refractivity contribution in [2.75, 3.05) is 6.54 Å². The lowest BCUT2D eigenvalue weighted by molar-refractivity contribution is 0.286. The van der Waals surface area contributed by atoms with E-state index in [9.17, 15) is 0 Å². The Hall–Kier alpha value is -1.86. The molecule has 0 unspecified atom stereocenters. The molecule has 0 N–H and O–H groups in total. The molecule has 0 amide bonds. The molecule has 0 atom stereocenters. The summed E-state index contributed by atoms with van der Waals surface area (Å²) in [6.45, 7) is 5.21. The maximum absolute atomic E-state index is 2.48. The minimum Gasteiger partial charge on any atom is -0.291 e. The number of rotatable bonds is 8. The monoisotopic (exact) mass is 279 g/mol. The Labute approximate surface area is 128 Å². The summed E-state index contributed by atoms with van der Waals surface area (Å²) in [6, 6.07) is 21.4. The summed E-state index contributed by atoms with van der Waals surface area (Å²) < 4.78 is 0. The van der Waals surface area contributed by atoms with Gasteiger partial charge in [-0.25, -0.2) is 0 Å². The normalized spacial score (nSPS) is 11.3. The van der Waals surface area contributed by atoms with Gasteiger partial charge in [0, 0.05) is 19.6 Å². The predicted molar refractivity (Wildman–Crippen MR) is 91.0 cm³/mol. The maximum atomic E-state index is 2.48. The molecule has 0 aromatic heterocycles. The van der Waals surface area contributed by atoms with Gasteiger partial charge in [0.05, 0.1) is 0 Å². The lowest BCUT2D eigenvalue weighted by Crippen LogP contribution is -2.22. The van der Waals surface area contributed by atoms with Gasteiger partial charge in [-0.15, -0.1) is 0 Å². The Morgan fingerprint density at radius 2 is 1.29 bits per heavy atom. The van der Waals surface area contributed by atoms with Crippen LogP contribution in [0.1, 0.15) is 30.9 Å². The van der Waals surface area contributed by atoms with Crippen molar-refractivity contribution in [2.24, 2.45) is 0 Å². The third kappa shape index (κ3) is 5.97. The minimum absolute atomic E-state index is 0.992. The Morgan fingerprint density at radius 1 is 0.762 bits per heavy atom. The van der Waals surface area contributed by atoms with E-state index >= 15 is 0 Å². The number of unbranched alkanes of at least 4 members (excludes halogenated alkanes) is 1. The van der Waals surface area contributed by atoms with Crippen molar-refractivity contribution in [3.63, 3.8) is 0 Å². The third-order valence-electron chi connectivity index (χ3n) is 3.48. The molecule has 0 aliphatic carbocycles. The first-order valence-electron chi connectivity index (χ1n) is 7.83. The Kier molecular flexibility index (Phi) is 6.76. The summed E-state index contributed by atoms with van der Waals surface area (Å²) in [4.78, 5) is 2.48. The highest BCUT2D eigenvalue weighted by Crippen LogP contribution is 2.10. The molecule has 0 bridgehead atoms. The van der Waals surface area contributed by atoms with Gasteiger partial charge in [-0.1, -0.05) is 86.2 Å². The lowest BCUT2D eigenvalue weighted by Gasteiger charge is -2.21. The van der Waals surface area contributed by atoms with Crippen LogP contribution in [-0.2, 0) is 13.1 Å². The first-order valence-corrected chi connectivity index (χ1v) is 7.83. The molecule has 0 saturated carbocycles. The van der Waals surface area contributed by atoms with Gasteiger partial charge in [0.2, 0.25) is 0 Å². The second kappa shape index (κ2) is 9.15. The average molecular weight is 279 g/mol. The van der Waals surface area contributed by atoms with Crippen LogP contribution in [-0.4, -0.2) is 11.4 Å². The summed E-state index contributed by atoms with van der Waals surface area (Å²) in [6.07, 6.45) is 6.98. The summed E-state index contributed by atoms with van der Waals surface area (Å²) in [5.74, 6) is 0. The fraction of sp³-hybridized carbons (Fsp3) is 0.300. The second-order valence-electron chi connectivity index (χ2n) is 5.40. The summed E-state index contributed by atoms with van der Waals surface area (Å²) >= 11 is 0. The first kappa shape index (κ1) is 15.5. The van der Waals surface area contributed by atoms with Crippen LogP contribution >= 0.6 is 0 Å². The minimum atomic E-state index is 0.992. The third-order valence-corrected chi connectivity index (χ3v) is 3.48. The molecule has 0 heterocycles. The number of hydrogen-bond donors (Lipinski definition) is 0. The van der Waals surface area contributed by atoms with Gasteiger partial charge in [-0.05, 0) is 17.5 Å². The molecule has 110 valence electrons. The van der Waals surface area contributed by atoms with Gasteiger partial charge in [0.1, 0.15) is 0 Å². The van der Waals surface area contributed by atoms with Crippen molar-refractivity contribution >= 4 is 0 Å². The van der Waals surface area contributed by atoms with E-state index in [-0.39, 0.29) is 0 Å². The zero-order valence-corrected chi connectivity index (χ0v) is 12.9. The Bertz CT molecular complexity index is 475. The van der Waals surface area contributed by atoms with Gasteiger partial charge in [-0.2, -0.15) is 0 Å². The molecule has 0 fully saturated rings. The van der Waals surface area contributed by atoms with Crippen LogP contribution in [0.2, 0.25) is 0 Å². The molecule has 0 aliphatic heterocycles. The molecular weight excluding hydrogens is 254 g/mol. The van der Waals surface area contributed by atoms with E-state index in [0.717, 1.165) is 19.6 Å². The van der Waals surface area contributed by atoms with E-state index in [1.165, 1.54) is 24.0 Å². The zero-order valence-electron chi connectivity index (χ0n) is 12.9. The summed E-state index contributed by atoms with van der Waals surface area (Å²) in [5, 5.41) is 0. The van der Waals surface area contributed by atoms with Crippen LogP contribution in [0.4, 0.5) is 0 Å². The van der Waals surface area contributed by atoms with E-state index in [0.29, 0.717) is 0 Å². The molecule has 0 radical (unpaired) electrons. The highest BCUT2D eigenvalue weighted by atomic mass is 15.1. The first-order chi connectivity index (χ1) is 10.4. The lowest BCUT2D eigenvalue weighted by atomic mass is 10.1. The highest BCUT2D eigenvalue weighted by molar-refractivity contribution is 5.17. The molecule has 1 nitrogen and oxygen atoms in total. The quantitative estimate of drug-likeness (QED) is 0.611. The molecule has 2 aromatic rings. The van der Waals surface area contributed by atoms with Gasteiger partial charge in [0.15, 0.2) is 0 Å². The van der Waals surface area contributed by atoms with Crippen LogP contribution in [0.15, 0.2) is 72.8 Å². The molecule has 0 spiro atoms. The maximum Gasteiger partial charge on any atom is 0.0240 e. The number of nitrogens with zero attached hydrogens (tertiary/aromatic N) is 1. The Balaban J connectivity index is 1.99. The van der Waals surface area contributed by atoms with Gasteiger partial charge < -0.3 is 0 Å². The predicted octanol–water partition coefficient (Wildman–Crippen LogP) is 5.05. The fourth-order valence-electron chi connectivity index (χ4n) is 2.38. The average Bonchev–Trinajstić information content (AvgIpc) is 2.53. The second-order valence-corrected chi connectivity index (χ2v) is 5.40. The molecule has 1 heteroatoms. The molecule has 21 heavy (non-hydrogen) atoms. The standard InChI is InChI=1S/C20H25N/c1-2-3-4-11-16-21(17-19-12-7-5-8-13-19)18-20-14-9-6-10-15-20/h4-15H,2-3,16-18H2,1H3/b11-4+. The highest BCUT2D eigenvalue weighted by Gasteiger charge is 2.05. The van der Waals surface area contributed by atoms with Crippen LogP contribution in [0, 0.1) is 0 Å². The number of benzene rings is 2. The smallest absolute Gasteiger partial charge is 0.0240 e. The van der Waals surface area contributed by atoms with Crippen molar-refractivity contribution in [3.05, 3.63) is 83.9 Å². The van der Waals surface area contributed by atoms with Gasteiger partial charge >= 0.3 is 0 Å². The summed E-state index contributed by atoms with van der Waals surface area (Å²) in [7, 11) is 0. The van der Waals surface area contributed by atoms with E-state index in [1.54, 1.807) is 0 Å². The van der Waals surface area contributed by atoms with Crippen molar-refractivity contribution < 1.29 is 0 Å². The van der Waals surface area contributed by atoms with Crippen molar-refractivity contribution in [1.29, 1.82) is 0 Å². The van der Waals surface area contributed by atoms with E-state index in [2.05, 4.69) is 84.6 Å². The number of hydrogen-bond acceptors (Lipinski definition) is 1. The number of allylic oxidation sites excluding steroid dienone is 1. The van der Waals surface area contributed by atoms with Crippen LogP contribution in [0.25, 0.3) is 0 Å². The van der Waals surface area contributed by atoms with Crippen LogP contribution < -0.4 is 0 Å². The van der Waals surface area contributed by atoms with Crippen molar-refractivity contribution in [2.45, 2.75) is 32.9 Å². The molecule has 0 aliphatic rings. The molecule has 2 aromatic carbocycles. The molecular formula is C20H25N. The topological polar surface area (TPSA) is 3.24 Å².